The van der Waals surface area contributed by atoms with Gasteiger partial charge in [0.15, 0.2) is 0 Å². The predicted molar refractivity (Wildman–Crippen MR) is 49.5 cm³/mol. The maximum absolute atomic E-state index is 5.12. The molecule has 1 N–H and O–H groups in total. The number of fused-ring (bicyclic) bond motifs is 3. The van der Waals surface area contributed by atoms with Crippen molar-refractivity contribution >= 4 is 11.8 Å². The van der Waals surface area contributed by atoms with Crippen LogP contribution in [0.4, 0.5) is 0 Å². The Kier molecular flexibility index (Phi) is 1.23. The minimum absolute atomic E-state index is 1.05. The van der Waals surface area contributed by atoms with Crippen molar-refractivity contribution in [1.29, 1.82) is 0 Å². The van der Waals surface area contributed by atoms with E-state index in [1.54, 1.807) is 5.06 Å². The monoisotopic (exact) mass is 172 g/mol. The van der Waals surface area contributed by atoms with Crippen LogP contribution in [0.25, 0.3) is 11.8 Å². The summed E-state index contributed by atoms with van der Waals surface area (Å²) in [6, 6.07) is 8.22. The molecule has 0 atom stereocenters. The lowest BCUT2D eigenvalue weighted by Gasteiger charge is -2.19. The van der Waals surface area contributed by atoms with Gasteiger partial charge in [0.1, 0.15) is 0 Å². The Labute approximate surface area is 75.8 Å². The van der Waals surface area contributed by atoms with Crippen LogP contribution in [-0.4, -0.2) is 5.06 Å². The molecule has 1 aromatic rings. The van der Waals surface area contributed by atoms with Crippen LogP contribution in [0.5, 0.6) is 0 Å². The summed E-state index contributed by atoms with van der Waals surface area (Å²) in [5.41, 5.74) is 6.18. The van der Waals surface area contributed by atoms with Crippen LogP contribution in [0, 0.1) is 0 Å². The van der Waals surface area contributed by atoms with E-state index in [1.807, 2.05) is 30.6 Å². The van der Waals surface area contributed by atoms with Gasteiger partial charge in [-0.25, -0.2) is 10.5 Å². The molecule has 3 rings (SSSR count). The highest BCUT2D eigenvalue weighted by molar-refractivity contribution is 5.77. The van der Waals surface area contributed by atoms with Crippen LogP contribution in [0.2, 0.25) is 0 Å². The molecule has 0 unspecified atom stereocenters. The quantitative estimate of drug-likeness (QED) is 0.644. The molecular formula is C10H8N2O. The van der Waals surface area contributed by atoms with Crippen LogP contribution in [-0.2, 0) is 4.94 Å². The molecule has 1 aromatic carbocycles. The first kappa shape index (κ1) is 6.74. The second kappa shape index (κ2) is 2.37. The maximum Gasteiger partial charge on any atom is 0.0972 e. The van der Waals surface area contributed by atoms with Crippen LogP contribution in [0.3, 0.4) is 0 Å². The van der Waals surface area contributed by atoms with Crippen LogP contribution in [0.15, 0.2) is 36.7 Å². The predicted octanol–water partition coefficient (Wildman–Crippen LogP) is 1.72. The second-order valence-corrected chi connectivity index (χ2v) is 2.97. The Hall–Kier alpha value is -1.74. The zero-order valence-electron chi connectivity index (χ0n) is 6.90. The summed E-state index contributed by atoms with van der Waals surface area (Å²) in [6.45, 7) is 0. The van der Waals surface area contributed by atoms with E-state index in [1.165, 1.54) is 11.1 Å². The second-order valence-electron chi connectivity index (χ2n) is 2.97. The minimum Gasteiger partial charge on any atom is -0.247 e. The van der Waals surface area contributed by atoms with Gasteiger partial charge in [0, 0.05) is 11.8 Å². The average Bonchev–Trinajstić information content (AvgIpc) is 2.65. The third kappa shape index (κ3) is 0.877. The van der Waals surface area contributed by atoms with Crippen molar-refractivity contribution in [1.82, 2.24) is 10.5 Å². The molecule has 3 heteroatoms. The zero-order chi connectivity index (χ0) is 8.67. The lowest BCUT2D eigenvalue weighted by atomic mass is 10.0. The van der Waals surface area contributed by atoms with E-state index in [9.17, 15) is 0 Å². The Balaban J connectivity index is 2.23. The van der Waals surface area contributed by atoms with Crippen molar-refractivity contribution in [2.24, 2.45) is 0 Å². The molecule has 0 aromatic heterocycles. The van der Waals surface area contributed by atoms with Gasteiger partial charge in [0.25, 0.3) is 0 Å². The number of rotatable bonds is 0. The summed E-state index contributed by atoms with van der Waals surface area (Å²) >= 11 is 0. The molecule has 0 saturated carbocycles. The van der Waals surface area contributed by atoms with Gasteiger partial charge in [-0.1, -0.05) is 24.3 Å². The van der Waals surface area contributed by atoms with E-state index in [0.29, 0.717) is 0 Å². The van der Waals surface area contributed by atoms with E-state index in [0.717, 1.165) is 5.70 Å². The molecule has 2 heterocycles. The normalized spacial score (nSPS) is 17.5. The fourth-order valence-corrected chi connectivity index (χ4v) is 1.58. The fraction of sp³-hybridized carbons (Fsp3) is 0. The highest BCUT2D eigenvalue weighted by atomic mass is 16.8. The van der Waals surface area contributed by atoms with Gasteiger partial charge < -0.3 is 0 Å². The molecule has 0 amide bonds. The summed E-state index contributed by atoms with van der Waals surface area (Å²) in [4.78, 5) is 5.12. The molecule has 2 aliphatic heterocycles. The number of benzene rings is 1. The highest BCUT2D eigenvalue weighted by Crippen LogP contribution is 2.30. The van der Waals surface area contributed by atoms with Crippen LogP contribution in [0.1, 0.15) is 11.1 Å². The number of hydrogen-bond acceptors (Lipinski definition) is 3. The highest BCUT2D eigenvalue weighted by Gasteiger charge is 2.20. The van der Waals surface area contributed by atoms with Crippen LogP contribution < -0.4 is 5.48 Å². The van der Waals surface area contributed by atoms with Gasteiger partial charge in [-0.05, 0) is 11.6 Å². The largest absolute Gasteiger partial charge is 0.247 e. The SMILES string of the molecule is C1=CN2ONC=C2c2ccccc21. The number of nitrogens with one attached hydrogen (secondary N) is 1. The van der Waals surface area contributed by atoms with E-state index in [4.69, 9.17) is 4.94 Å². The summed E-state index contributed by atoms with van der Waals surface area (Å²) < 4.78 is 0. The molecule has 3 nitrogen and oxygen atoms in total. The smallest absolute Gasteiger partial charge is 0.0972 e. The molecular weight excluding hydrogens is 164 g/mol. The average molecular weight is 172 g/mol. The van der Waals surface area contributed by atoms with E-state index < -0.39 is 0 Å². The van der Waals surface area contributed by atoms with Crippen LogP contribution >= 0.6 is 0 Å². The van der Waals surface area contributed by atoms with Gasteiger partial charge in [0.05, 0.1) is 11.9 Å². The molecule has 0 bridgehead atoms. The molecule has 0 fully saturated rings. The molecule has 0 radical (unpaired) electrons. The Bertz CT molecular complexity index is 409. The Morgan fingerprint density at radius 1 is 1.23 bits per heavy atom. The number of hydrogen-bond donors (Lipinski definition) is 1. The minimum atomic E-state index is 1.05. The zero-order valence-corrected chi connectivity index (χ0v) is 6.90. The first-order valence-electron chi connectivity index (χ1n) is 4.15. The van der Waals surface area contributed by atoms with Crippen molar-refractivity contribution in [3.8, 4) is 0 Å². The maximum atomic E-state index is 5.12. The van der Waals surface area contributed by atoms with Gasteiger partial charge in [-0.15, -0.1) is 0 Å². The molecule has 0 saturated heterocycles. The molecule has 64 valence electrons. The Morgan fingerprint density at radius 3 is 3.15 bits per heavy atom. The summed E-state index contributed by atoms with van der Waals surface area (Å²) in [5, 5.41) is 1.71. The van der Waals surface area contributed by atoms with Crippen molar-refractivity contribution in [3.63, 3.8) is 0 Å². The fourth-order valence-electron chi connectivity index (χ4n) is 1.58. The van der Waals surface area contributed by atoms with Gasteiger partial charge in [-0.3, -0.25) is 0 Å². The lowest BCUT2D eigenvalue weighted by molar-refractivity contribution is -0.0988. The summed E-state index contributed by atoms with van der Waals surface area (Å²) in [6.07, 6.45) is 5.77. The standard InChI is InChI=1S/C10H8N2O/c1-2-4-9-8(3-1)5-6-12-10(9)7-11-13-12/h1-7,11H. The summed E-state index contributed by atoms with van der Waals surface area (Å²) in [7, 11) is 0. The number of nitrogens with zero attached hydrogens (tertiary/aromatic N) is 1. The summed E-state index contributed by atoms with van der Waals surface area (Å²) in [5.74, 6) is 0. The Morgan fingerprint density at radius 2 is 2.15 bits per heavy atom. The lowest BCUT2D eigenvalue weighted by Crippen LogP contribution is -2.16. The topological polar surface area (TPSA) is 24.5 Å². The van der Waals surface area contributed by atoms with Crippen molar-refractivity contribution < 1.29 is 4.94 Å². The van der Waals surface area contributed by atoms with E-state index >= 15 is 0 Å². The van der Waals surface area contributed by atoms with E-state index in [2.05, 4.69) is 17.6 Å². The van der Waals surface area contributed by atoms with Gasteiger partial charge >= 0.3 is 0 Å². The third-order valence-corrected chi connectivity index (χ3v) is 2.21. The number of hydroxylamine groups is 3. The van der Waals surface area contributed by atoms with Gasteiger partial charge in [0.2, 0.25) is 0 Å². The van der Waals surface area contributed by atoms with Crippen molar-refractivity contribution in [3.05, 3.63) is 47.8 Å². The van der Waals surface area contributed by atoms with Crippen molar-refractivity contribution in [2.45, 2.75) is 0 Å². The molecule has 2 aliphatic rings. The molecule has 0 aliphatic carbocycles. The molecule has 0 spiro atoms. The molecule has 13 heavy (non-hydrogen) atoms. The first-order valence-corrected chi connectivity index (χ1v) is 4.15. The van der Waals surface area contributed by atoms with Gasteiger partial charge in [-0.2, -0.15) is 4.94 Å². The van der Waals surface area contributed by atoms with Crippen molar-refractivity contribution in [2.75, 3.05) is 0 Å². The first-order chi connectivity index (χ1) is 6.45. The third-order valence-electron chi connectivity index (χ3n) is 2.21. The van der Waals surface area contributed by atoms with E-state index in [-0.39, 0.29) is 0 Å².